The zero-order chi connectivity index (χ0) is 20.1. The average Bonchev–Trinajstić information content (AvgIpc) is 2.71. The van der Waals surface area contributed by atoms with E-state index in [-0.39, 0.29) is 6.04 Å². The molecule has 1 aliphatic heterocycles. The van der Waals surface area contributed by atoms with E-state index in [1.165, 1.54) is 0 Å². The van der Waals surface area contributed by atoms with Crippen LogP contribution in [0.25, 0.3) is 0 Å². The van der Waals surface area contributed by atoms with Crippen LogP contribution >= 0.6 is 11.6 Å². The monoisotopic (exact) mass is 403 g/mol. The summed E-state index contributed by atoms with van der Waals surface area (Å²) in [6, 6.07) is 12.7. The molecule has 1 fully saturated rings. The molecule has 0 saturated carbocycles. The molecule has 0 aliphatic carbocycles. The summed E-state index contributed by atoms with van der Waals surface area (Å²) < 4.78 is 11.2. The van der Waals surface area contributed by atoms with Crippen molar-refractivity contribution in [3.63, 3.8) is 0 Å². The number of methoxy groups -OCH3 is 1. The number of halogens is 1. The second-order valence-electron chi connectivity index (χ2n) is 6.89. The van der Waals surface area contributed by atoms with Gasteiger partial charge < -0.3 is 14.6 Å². The van der Waals surface area contributed by atoms with Crippen LogP contribution in [0, 0.1) is 0 Å². The molecule has 6 heteroatoms. The van der Waals surface area contributed by atoms with Gasteiger partial charge in [0.25, 0.3) is 0 Å². The SMILES string of the molecule is CCOc1ccc(C(c2ccc(Cl)cc2)N2CCCCC2C(=O)O)cc1OC. The molecule has 1 aliphatic rings. The van der Waals surface area contributed by atoms with E-state index in [2.05, 4.69) is 4.90 Å². The van der Waals surface area contributed by atoms with E-state index >= 15 is 0 Å². The number of rotatable bonds is 7. The van der Waals surface area contributed by atoms with E-state index in [1.807, 2.05) is 49.4 Å². The molecule has 0 spiro atoms. The summed E-state index contributed by atoms with van der Waals surface area (Å²) in [6.45, 7) is 3.19. The van der Waals surface area contributed by atoms with Crippen molar-refractivity contribution < 1.29 is 19.4 Å². The van der Waals surface area contributed by atoms with Gasteiger partial charge in [-0.1, -0.05) is 36.2 Å². The molecule has 0 aromatic heterocycles. The van der Waals surface area contributed by atoms with Gasteiger partial charge in [-0.25, -0.2) is 0 Å². The maximum atomic E-state index is 11.9. The van der Waals surface area contributed by atoms with E-state index in [0.717, 1.165) is 30.5 Å². The topological polar surface area (TPSA) is 59.0 Å². The normalized spacial score (nSPS) is 18.5. The molecule has 150 valence electrons. The minimum absolute atomic E-state index is 0.205. The van der Waals surface area contributed by atoms with Crippen LogP contribution in [0.4, 0.5) is 0 Å². The number of likely N-dealkylation sites (tertiary alicyclic amines) is 1. The van der Waals surface area contributed by atoms with Crippen LogP contribution in [0.1, 0.15) is 43.4 Å². The van der Waals surface area contributed by atoms with Crippen molar-refractivity contribution >= 4 is 17.6 Å². The first kappa shape index (κ1) is 20.5. The first-order valence-electron chi connectivity index (χ1n) is 9.60. The van der Waals surface area contributed by atoms with Crippen molar-refractivity contribution in [2.24, 2.45) is 0 Å². The van der Waals surface area contributed by atoms with Gasteiger partial charge in [-0.05, 0) is 61.7 Å². The average molecular weight is 404 g/mol. The van der Waals surface area contributed by atoms with Crippen LogP contribution < -0.4 is 9.47 Å². The number of carbonyl (C=O) groups is 1. The highest BCUT2D eigenvalue weighted by atomic mass is 35.5. The molecule has 1 N–H and O–H groups in total. The Kier molecular flexibility index (Phi) is 6.81. The molecular formula is C22H26ClNO4. The molecular weight excluding hydrogens is 378 g/mol. The van der Waals surface area contributed by atoms with E-state index in [9.17, 15) is 9.90 Å². The summed E-state index contributed by atoms with van der Waals surface area (Å²) in [5.41, 5.74) is 1.97. The van der Waals surface area contributed by atoms with Gasteiger partial charge in [0.05, 0.1) is 19.8 Å². The molecule has 0 amide bonds. The number of hydrogen-bond acceptors (Lipinski definition) is 4. The fraction of sp³-hybridized carbons (Fsp3) is 0.409. The maximum Gasteiger partial charge on any atom is 0.320 e. The summed E-state index contributed by atoms with van der Waals surface area (Å²) in [4.78, 5) is 14.0. The Morgan fingerprint density at radius 3 is 2.54 bits per heavy atom. The smallest absolute Gasteiger partial charge is 0.320 e. The molecule has 3 rings (SSSR count). The molecule has 0 bridgehead atoms. The lowest BCUT2D eigenvalue weighted by Crippen LogP contribution is -2.46. The molecule has 2 atom stereocenters. The summed E-state index contributed by atoms with van der Waals surface area (Å²) in [6.07, 6.45) is 2.54. The standard InChI is InChI=1S/C22H26ClNO4/c1-3-28-19-12-9-16(14-20(19)27-2)21(15-7-10-17(23)11-8-15)24-13-5-4-6-18(24)22(25)26/h7-12,14,18,21H,3-6,13H2,1-2H3,(H,25,26). The summed E-state index contributed by atoms with van der Waals surface area (Å²) in [5, 5.41) is 10.5. The second kappa shape index (κ2) is 9.30. The number of piperidine rings is 1. The van der Waals surface area contributed by atoms with E-state index in [4.69, 9.17) is 21.1 Å². The second-order valence-corrected chi connectivity index (χ2v) is 7.32. The van der Waals surface area contributed by atoms with Crippen LogP contribution in [-0.2, 0) is 4.79 Å². The van der Waals surface area contributed by atoms with Crippen molar-refractivity contribution in [2.75, 3.05) is 20.3 Å². The highest BCUT2D eigenvalue weighted by Gasteiger charge is 2.35. The Morgan fingerprint density at radius 1 is 1.18 bits per heavy atom. The third-order valence-electron chi connectivity index (χ3n) is 5.15. The Morgan fingerprint density at radius 2 is 1.89 bits per heavy atom. The zero-order valence-electron chi connectivity index (χ0n) is 16.2. The summed E-state index contributed by atoms with van der Waals surface area (Å²) >= 11 is 6.09. The van der Waals surface area contributed by atoms with Crippen LogP contribution in [-0.4, -0.2) is 42.3 Å². The highest BCUT2D eigenvalue weighted by molar-refractivity contribution is 6.30. The van der Waals surface area contributed by atoms with E-state index in [0.29, 0.717) is 29.5 Å². The maximum absolute atomic E-state index is 11.9. The summed E-state index contributed by atoms with van der Waals surface area (Å²) in [7, 11) is 1.61. The fourth-order valence-corrected chi connectivity index (χ4v) is 4.00. The number of benzene rings is 2. The fourth-order valence-electron chi connectivity index (χ4n) is 3.88. The Balaban J connectivity index is 2.08. The lowest BCUT2D eigenvalue weighted by molar-refractivity contribution is -0.145. The lowest BCUT2D eigenvalue weighted by atomic mass is 9.91. The number of hydrogen-bond donors (Lipinski definition) is 1. The van der Waals surface area contributed by atoms with Gasteiger partial charge in [-0.2, -0.15) is 0 Å². The third-order valence-corrected chi connectivity index (χ3v) is 5.40. The van der Waals surface area contributed by atoms with Crippen molar-refractivity contribution in [1.82, 2.24) is 4.90 Å². The number of carboxylic acids is 1. The van der Waals surface area contributed by atoms with Crippen LogP contribution in [0.5, 0.6) is 11.5 Å². The molecule has 2 unspecified atom stereocenters. The molecule has 2 aromatic carbocycles. The number of aliphatic carboxylic acids is 1. The van der Waals surface area contributed by atoms with Crippen LogP contribution in [0.3, 0.4) is 0 Å². The number of ether oxygens (including phenoxy) is 2. The van der Waals surface area contributed by atoms with Gasteiger partial charge >= 0.3 is 5.97 Å². The van der Waals surface area contributed by atoms with Crippen LogP contribution in [0.15, 0.2) is 42.5 Å². The predicted molar refractivity (Wildman–Crippen MR) is 109 cm³/mol. The predicted octanol–water partition coefficient (Wildman–Crippen LogP) is 4.78. The van der Waals surface area contributed by atoms with E-state index in [1.54, 1.807) is 7.11 Å². The van der Waals surface area contributed by atoms with Gasteiger partial charge in [0.2, 0.25) is 0 Å². The highest BCUT2D eigenvalue weighted by Crippen LogP contribution is 2.38. The summed E-state index contributed by atoms with van der Waals surface area (Å²) in [5.74, 6) is 0.538. The van der Waals surface area contributed by atoms with E-state index < -0.39 is 12.0 Å². The zero-order valence-corrected chi connectivity index (χ0v) is 17.0. The molecule has 5 nitrogen and oxygen atoms in total. The minimum Gasteiger partial charge on any atom is -0.493 e. The number of carboxylic acid groups (broad SMARTS) is 1. The van der Waals surface area contributed by atoms with Gasteiger partial charge in [0, 0.05) is 5.02 Å². The van der Waals surface area contributed by atoms with Crippen molar-refractivity contribution in [1.29, 1.82) is 0 Å². The largest absolute Gasteiger partial charge is 0.493 e. The van der Waals surface area contributed by atoms with Crippen molar-refractivity contribution in [3.05, 3.63) is 58.6 Å². The van der Waals surface area contributed by atoms with Crippen LogP contribution in [0.2, 0.25) is 5.02 Å². The molecule has 0 radical (unpaired) electrons. The van der Waals surface area contributed by atoms with Gasteiger partial charge in [-0.3, -0.25) is 9.69 Å². The number of nitrogens with zero attached hydrogens (tertiary/aromatic N) is 1. The molecule has 1 saturated heterocycles. The van der Waals surface area contributed by atoms with Gasteiger partial charge in [0.15, 0.2) is 11.5 Å². The van der Waals surface area contributed by atoms with Crippen molar-refractivity contribution in [2.45, 2.75) is 38.3 Å². The molecule has 2 aromatic rings. The lowest BCUT2D eigenvalue weighted by Gasteiger charge is -2.39. The van der Waals surface area contributed by atoms with Crippen molar-refractivity contribution in [3.8, 4) is 11.5 Å². The minimum atomic E-state index is -0.781. The molecule has 1 heterocycles. The Hall–Kier alpha value is -2.24. The van der Waals surface area contributed by atoms with Gasteiger partial charge in [0.1, 0.15) is 6.04 Å². The molecule has 28 heavy (non-hydrogen) atoms. The Bertz CT molecular complexity index is 809. The quantitative estimate of drug-likeness (QED) is 0.721. The Labute approximate surface area is 170 Å². The third kappa shape index (κ3) is 4.42. The van der Waals surface area contributed by atoms with Gasteiger partial charge in [-0.15, -0.1) is 0 Å². The first-order valence-corrected chi connectivity index (χ1v) is 9.97. The first-order chi connectivity index (χ1) is 13.5.